The molecule has 1 rings (SSSR count). The summed E-state index contributed by atoms with van der Waals surface area (Å²) in [4.78, 5) is 0. The molecular weight excluding hydrogens is 269 g/mol. The summed E-state index contributed by atoms with van der Waals surface area (Å²) in [5, 5.41) is 8.54. The number of benzene rings is 1. The second-order valence-corrected chi connectivity index (χ2v) is 5.25. The Labute approximate surface area is 82.8 Å². The minimum atomic E-state index is -0.826. The van der Waals surface area contributed by atoms with Crippen LogP contribution in [0.1, 0.15) is 0 Å². The predicted octanol–water partition coefficient (Wildman–Crippen LogP) is 2.91. The molecular formula is C6H5Cl2FOZr. The van der Waals surface area contributed by atoms with Gasteiger partial charge < -0.3 is 5.11 Å². The maximum absolute atomic E-state index is 12.1. The first-order chi connectivity index (χ1) is 5.22. The van der Waals surface area contributed by atoms with Crippen molar-refractivity contribution < 1.29 is 30.3 Å². The van der Waals surface area contributed by atoms with Crippen molar-refractivity contribution >= 4 is 17.0 Å². The quantitative estimate of drug-likeness (QED) is 0.771. The first-order valence-electron chi connectivity index (χ1n) is 2.62. The SMILES string of the molecule is Oc1ccccc1F.[Cl][Zr][Cl]. The van der Waals surface area contributed by atoms with Crippen molar-refractivity contribution in [2.45, 2.75) is 0 Å². The van der Waals surface area contributed by atoms with Crippen LogP contribution < -0.4 is 0 Å². The number of phenolic OH excluding ortho intramolecular Hbond substituents is 1. The van der Waals surface area contributed by atoms with Crippen LogP contribution in [-0.4, -0.2) is 5.11 Å². The van der Waals surface area contributed by atoms with Gasteiger partial charge in [-0.1, -0.05) is 12.1 Å². The van der Waals surface area contributed by atoms with Crippen LogP contribution in [0.5, 0.6) is 5.75 Å². The maximum atomic E-state index is 12.1. The fourth-order valence-corrected chi connectivity index (χ4v) is 0.452. The van der Waals surface area contributed by atoms with Crippen LogP contribution in [0.2, 0.25) is 0 Å². The van der Waals surface area contributed by atoms with E-state index >= 15 is 0 Å². The number of rotatable bonds is 0. The Morgan fingerprint density at radius 2 is 1.73 bits per heavy atom. The van der Waals surface area contributed by atoms with Crippen LogP contribution in [0.4, 0.5) is 4.39 Å². The molecule has 0 aliphatic rings. The average molecular weight is 274 g/mol. The molecule has 0 saturated heterocycles. The fourth-order valence-electron chi connectivity index (χ4n) is 0.452. The molecule has 0 saturated carbocycles. The normalized spacial score (nSPS) is 7.91. The van der Waals surface area contributed by atoms with Crippen molar-refractivity contribution in [2.24, 2.45) is 0 Å². The molecule has 1 aromatic carbocycles. The van der Waals surface area contributed by atoms with Crippen LogP contribution in [-0.2, 0) is 20.8 Å². The monoisotopic (exact) mass is 272 g/mol. The number of halogens is 3. The van der Waals surface area contributed by atoms with E-state index in [4.69, 9.17) is 22.1 Å². The Hall–Kier alpha value is 0.413. The molecule has 0 spiro atoms. The molecule has 0 atom stereocenters. The van der Waals surface area contributed by atoms with Crippen molar-refractivity contribution in [3.05, 3.63) is 30.1 Å². The van der Waals surface area contributed by atoms with Crippen LogP contribution >= 0.6 is 17.0 Å². The van der Waals surface area contributed by atoms with E-state index in [0.29, 0.717) is 0 Å². The van der Waals surface area contributed by atoms with Gasteiger partial charge in [0.1, 0.15) is 0 Å². The third-order valence-corrected chi connectivity index (χ3v) is 0.852. The summed E-state index contributed by atoms with van der Waals surface area (Å²) >= 11 is -0.826. The van der Waals surface area contributed by atoms with Crippen LogP contribution in [0.3, 0.4) is 0 Å². The van der Waals surface area contributed by atoms with E-state index in [1.54, 1.807) is 6.07 Å². The van der Waals surface area contributed by atoms with Crippen molar-refractivity contribution in [2.75, 3.05) is 0 Å². The molecule has 0 amide bonds. The summed E-state index contributed by atoms with van der Waals surface area (Å²) in [5.41, 5.74) is 0. The van der Waals surface area contributed by atoms with Crippen LogP contribution in [0.25, 0.3) is 0 Å². The molecule has 0 bridgehead atoms. The van der Waals surface area contributed by atoms with Gasteiger partial charge in [-0.3, -0.25) is 0 Å². The zero-order valence-corrected chi connectivity index (χ0v) is 9.36. The van der Waals surface area contributed by atoms with Crippen LogP contribution in [0, 0.1) is 5.82 Å². The van der Waals surface area contributed by atoms with E-state index in [2.05, 4.69) is 0 Å². The number of para-hydroxylation sites is 1. The zero-order chi connectivity index (χ0) is 8.69. The molecule has 0 heterocycles. The Balaban J connectivity index is 0.000000292. The first kappa shape index (κ1) is 11.4. The van der Waals surface area contributed by atoms with E-state index in [1.165, 1.54) is 18.2 Å². The van der Waals surface area contributed by atoms with Crippen molar-refractivity contribution in [1.29, 1.82) is 0 Å². The standard InChI is InChI=1S/C6H5FO.2ClH.Zr/c7-5-3-1-2-4-6(5)8;;;/h1-4,8H;2*1H;/q;;;+2/p-2. The van der Waals surface area contributed by atoms with E-state index in [1.807, 2.05) is 0 Å². The first-order valence-corrected chi connectivity index (χ1v) is 8.95. The topological polar surface area (TPSA) is 20.2 Å². The Kier molecular flexibility index (Phi) is 7.35. The summed E-state index contributed by atoms with van der Waals surface area (Å²) < 4.78 is 12.1. The van der Waals surface area contributed by atoms with Gasteiger partial charge in [-0.25, -0.2) is 4.39 Å². The van der Waals surface area contributed by atoms with Crippen molar-refractivity contribution in [3.8, 4) is 5.75 Å². The summed E-state index contributed by atoms with van der Waals surface area (Å²) in [6.45, 7) is 0. The summed E-state index contributed by atoms with van der Waals surface area (Å²) in [7, 11) is 9.87. The molecule has 0 aliphatic heterocycles. The molecule has 1 N–H and O–H groups in total. The van der Waals surface area contributed by atoms with E-state index in [-0.39, 0.29) is 5.75 Å². The summed E-state index contributed by atoms with van der Waals surface area (Å²) in [6.07, 6.45) is 0. The van der Waals surface area contributed by atoms with Gasteiger partial charge in [-0.05, 0) is 12.1 Å². The van der Waals surface area contributed by atoms with E-state index in [0.717, 1.165) is 0 Å². The summed E-state index contributed by atoms with van der Waals surface area (Å²) in [5.74, 6) is -0.875. The number of aromatic hydroxyl groups is 1. The molecule has 1 nitrogen and oxygen atoms in total. The molecule has 60 valence electrons. The predicted molar refractivity (Wildman–Crippen MR) is 39.8 cm³/mol. The van der Waals surface area contributed by atoms with Gasteiger partial charge in [0.15, 0.2) is 11.6 Å². The van der Waals surface area contributed by atoms with Crippen molar-refractivity contribution in [3.63, 3.8) is 0 Å². The third kappa shape index (κ3) is 5.66. The number of hydrogen-bond acceptors (Lipinski definition) is 1. The number of phenols is 1. The number of hydrogen-bond donors (Lipinski definition) is 1. The van der Waals surface area contributed by atoms with Gasteiger partial charge in [0.25, 0.3) is 0 Å². The average Bonchev–Trinajstić information content (AvgIpc) is 1.97. The Bertz CT molecular complexity index is 189. The van der Waals surface area contributed by atoms with Gasteiger partial charge >= 0.3 is 37.9 Å². The van der Waals surface area contributed by atoms with E-state index < -0.39 is 26.7 Å². The Morgan fingerprint density at radius 1 is 1.27 bits per heavy atom. The van der Waals surface area contributed by atoms with Gasteiger partial charge in [0.2, 0.25) is 0 Å². The molecule has 1 aromatic rings. The molecule has 0 radical (unpaired) electrons. The van der Waals surface area contributed by atoms with Gasteiger partial charge in [0, 0.05) is 0 Å². The second-order valence-electron chi connectivity index (χ2n) is 1.52. The molecule has 5 heteroatoms. The van der Waals surface area contributed by atoms with Gasteiger partial charge in [-0.2, -0.15) is 0 Å². The fraction of sp³-hybridized carbons (Fsp3) is 0. The molecule has 0 aliphatic carbocycles. The molecule has 0 aromatic heterocycles. The molecule has 0 fully saturated rings. The van der Waals surface area contributed by atoms with Gasteiger partial charge in [-0.15, -0.1) is 0 Å². The molecule has 11 heavy (non-hydrogen) atoms. The van der Waals surface area contributed by atoms with Gasteiger partial charge in [0.05, 0.1) is 0 Å². The van der Waals surface area contributed by atoms with Crippen molar-refractivity contribution in [1.82, 2.24) is 0 Å². The third-order valence-electron chi connectivity index (χ3n) is 0.852. The second kappa shape index (κ2) is 7.08. The summed E-state index contributed by atoms with van der Waals surface area (Å²) in [6, 6.07) is 5.60. The van der Waals surface area contributed by atoms with E-state index in [9.17, 15) is 4.39 Å². The zero-order valence-electron chi connectivity index (χ0n) is 5.39. The Morgan fingerprint density at radius 3 is 2.00 bits per heavy atom. The molecule has 0 unspecified atom stereocenters. The van der Waals surface area contributed by atoms with Crippen LogP contribution in [0.15, 0.2) is 24.3 Å². The minimum absolute atomic E-state index is 0.299.